The molecule has 0 heterocycles. The molecule has 112 valence electrons. The number of carbonyl (C=O) groups is 1. The van der Waals surface area contributed by atoms with Crippen LogP contribution in [0.25, 0.3) is 0 Å². The Balaban J connectivity index is 2.70. The molecule has 1 aromatic rings. The van der Waals surface area contributed by atoms with Gasteiger partial charge in [-0.25, -0.2) is 0 Å². The first kappa shape index (κ1) is 16.5. The van der Waals surface area contributed by atoms with Gasteiger partial charge < -0.3 is 9.84 Å². The van der Waals surface area contributed by atoms with E-state index in [0.29, 0.717) is 11.7 Å². The summed E-state index contributed by atoms with van der Waals surface area (Å²) in [5.41, 5.74) is 0.142. The molecule has 2 N–H and O–H groups in total. The van der Waals surface area contributed by atoms with Crippen LogP contribution in [0.2, 0.25) is 0 Å². The SMILES string of the molecule is CC(C)NC(C)(COc1ccc(C(C)C)cc1)C(=O)O. The van der Waals surface area contributed by atoms with Crippen molar-refractivity contribution < 1.29 is 14.6 Å². The molecule has 0 amide bonds. The summed E-state index contributed by atoms with van der Waals surface area (Å²) in [4.78, 5) is 11.4. The number of benzene rings is 1. The zero-order valence-corrected chi connectivity index (χ0v) is 12.9. The number of ether oxygens (including phenoxy) is 1. The molecule has 0 saturated carbocycles. The Morgan fingerprint density at radius 1 is 1.25 bits per heavy atom. The van der Waals surface area contributed by atoms with Gasteiger partial charge in [0.05, 0.1) is 0 Å². The van der Waals surface area contributed by atoms with Gasteiger partial charge in [-0.15, -0.1) is 0 Å². The first-order chi connectivity index (χ1) is 9.24. The van der Waals surface area contributed by atoms with E-state index in [4.69, 9.17) is 4.74 Å². The number of carboxylic acids is 1. The molecular weight excluding hydrogens is 254 g/mol. The van der Waals surface area contributed by atoms with Crippen molar-refractivity contribution in [1.29, 1.82) is 0 Å². The van der Waals surface area contributed by atoms with E-state index in [1.54, 1.807) is 6.92 Å². The van der Waals surface area contributed by atoms with Gasteiger partial charge in [0.1, 0.15) is 17.9 Å². The van der Waals surface area contributed by atoms with Crippen LogP contribution in [0.15, 0.2) is 24.3 Å². The highest BCUT2D eigenvalue weighted by atomic mass is 16.5. The fraction of sp³-hybridized carbons (Fsp3) is 0.562. The smallest absolute Gasteiger partial charge is 0.327 e. The minimum atomic E-state index is -1.09. The lowest BCUT2D eigenvalue weighted by Crippen LogP contribution is -2.56. The normalized spacial score (nSPS) is 14.3. The van der Waals surface area contributed by atoms with E-state index in [2.05, 4.69) is 19.2 Å². The quantitative estimate of drug-likeness (QED) is 0.805. The average Bonchev–Trinajstić information content (AvgIpc) is 2.36. The van der Waals surface area contributed by atoms with Crippen molar-refractivity contribution in [2.75, 3.05) is 6.61 Å². The van der Waals surface area contributed by atoms with Gasteiger partial charge in [0.25, 0.3) is 0 Å². The Morgan fingerprint density at radius 3 is 2.20 bits per heavy atom. The third-order valence-corrected chi connectivity index (χ3v) is 3.15. The molecule has 0 fully saturated rings. The van der Waals surface area contributed by atoms with Crippen LogP contribution in [0.3, 0.4) is 0 Å². The third kappa shape index (κ3) is 4.53. The molecule has 0 aliphatic rings. The topological polar surface area (TPSA) is 58.6 Å². The summed E-state index contributed by atoms with van der Waals surface area (Å²) in [6, 6.07) is 7.85. The van der Waals surface area contributed by atoms with Crippen molar-refractivity contribution in [2.24, 2.45) is 0 Å². The van der Waals surface area contributed by atoms with Crippen molar-refractivity contribution in [3.05, 3.63) is 29.8 Å². The molecule has 1 unspecified atom stereocenters. The Bertz CT molecular complexity index is 440. The van der Waals surface area contributed by atoms with Crippen molar-refractivity contribution in [3.63, 3.8) is 0 Å². The lowest BCUT2D eigenvalue weighted by molar-refractivity contribution is -0.145. The standard InChI is InChI=1S/C16H25NO3/c1-11(2)13-6-8-14(9-7-13)20-10-16(5,15(18)19)17-12(3)4/h6-9,11-12,17H,10H2,1-5H3,(H,18,19). The monoisotopic (exact) mass is 279 g/mol. The molecule has 0 aliphatic carbocycles. The highest BCUT2D eigenvalue weighted by Crippen LogP contribution is 2.19. The fourth-order valence-corrected chi connectivity index (χ4v) is 1.98. The Morgan fingerprint density at radius 2 is 1.80 bits per heavy atom. The van der Waals surface area contributed by atoms with Gasteiger partial charge in [-0.1, -0.05) is 26.0 Å². The number of rotatable bonds is 7. The second-order valence-corrected chi connectivity index (χ2v) is 5.95. The molecule has 4 heteroatoms. The van der Waals surface area contributed by atoms with Crippen molar-refractivity contribution in [1.82, 2.24) is 5.32 Å². The third-order valence-electron chi connectivity index (χ3n) is 3.15. The number of hydrogen-bond donors (Lipinski definition) is 2. The van der Waals surface area contributed by atoms with Crippen molar-refractivity contribution in [2.45, 2.75) is 52.1 Å². The van der Waals surface area contributed by atoms with Crippen molar-refractivity contribution >= 4 is 5.97 Å². The van der Waals surface area contributed by atoms with Gasteiger partial charge in [0.2, 0.25) is 0 Å². The van der Waals surface area contributed by atoms with Crippen LogP contribution in [-0.4, -0.2) is 29.3 Å². The van der Waals surface area contributed by atoms with Gasteiger partial charge in [-0.2, -0.15) is 0 Å². The molecule has 0 aliphatic heterocycles. The molecule has 4 nitrogen and oxygen atoms in total. The van der Waals surface area contributed by atoms with Gasteiger partial charge in [0.15, 0.2) is 0 Å². The lowest BCUT2D eigenvalue weighted by atomic mass is 10.0. The Labute approximate surface area is 121 Å². The van der Waals surface area contributed by atoms with Gasteiger partial charge >= 0.3 is 5.97 Å². The summed E-state index contributed by atoms with van der Waals surface area (Å²) in [5, 5.41) is 12.4. The average molecular weight is 279 g/mol. The highest BCUT2D eigenvalue weighted by Gasteiger charge is 2.34. The van der Waals surface area contributed by atoms with E-state index < -0.39 is 11.5 Å². The lowest BCUT2D eigenvalue weighted by Gasteiger charge is -2.28. The minimum Gasteiger partial charge on any atom is -0.491 e. The second kappa shape index (κ2) is 6.75. The molecular formula is C16H25NO3. The van der Waals surface area contributed by atoms with E-state index >= 15 is 0 Å². The molecule has 0 saturated heterocycles. The summed E-state index contributed by atoms with van der Waals surface area (Å²) in [7, 11) is 0. The first-order valence-electron chi connectivity index (χ1n) is 6.98. The maximum absolute atomic E-state index is 11.4. The van der Waals surface area contributed by atoms with Crippen LogP contribution in [0.4, 0.5) is 0 Å². The van der Waals surface area contributed by atoms with E-state index in [1.807, 2.05) is 38.1 Å². The maximum atomic E-state index is 11.4. The molecule has 0 aromatic heterocycles. The summed E-state index contributed by atoms with van der Waals surface area (Å²) < 4.78 is 5.62. The largest absolute Gasteiger partial charge is 0.491 e. The molecule has 1 aromatic carbocycles. The maximum Gasteiger partial charge on any atom is 0.327 e. The summed E-state index contributed by atoms with van der Waals surface area (Å²) in [5.74, 6) is 0.244. The molecule has 1 atom stereocenters. The van der Waals surface area contributed by atoms with Crippen LogP contribution in [0.1, 0.15) is 46.1 Å². The van der Waals surface area contributed by atoms with Crippen LogP contribution in [0, 0.1) is 0 Å². The number of hydrogen-bond acceptors (Lipinski definition) is 3. The van der Waals surface area contributed by atoms with E-state index in [-0.39, 0.29) is 12.6 Å². The van der Waals surface area contributed by atoms with Crippen LogP contribution in [0.5, 0.6) is 5.75 Å². The predicted molar refractivity (Wildman–Crippen MR) is 80.3 cm³/mol. The van der Waals surface area contributed by atoms with Gasteiger partial charge in [-0.05, 0) is 44.4 Å². The number of carboxylic acid groups (broad SMARTS) is 1. The molecule has 0 spiro atoms. The first-order valence-corrected chi connectivity index (χ1v) is 6.98. The number of nitrogens with one attached hydrogen (secondary N) is 1. The minimum absolute atomic E-state index is 0.0722. The molecule has 0 bridgehead atoms. The second-order valence-electron chi connectivity index (χ2n) is 5.95. The molecule has 20 heavy (non-hydrogen) atoms. The Hall–Kier alpha value is -1.55. The number of aliphatic carboxylic acids is 1. The van der Waals surface area contributed by atoms with E-state index in [1.165, 1.54) is 5.56 Å². The van der Waals surface area contributed by atoms with Gasteiger partial charge in [0, 0.05) is 6.04 Å². The molecule has 0 radical (unpaired) electrons. The van der Waals surface area contributed by atoms with Gasteiger partial charge in [-0.3, -0.25) is 10.1 Å². The summed E-state index contributed by atoms with van der Waals surface area (Å²) in [6.45, 7) is 9.81. The van der Waals surface area contributed by atoms with Crippen LogP contribution in [-0.2, 0) is 4.79 Å². The van der Waals surface area contributed by atoms with Crippen molar-refractivity contribution in [3.8, 4) is 5.75 Å². The Kier molecular flexibility index (Phi) is 5.57. The zero-order valence-electron chi connectivity index (χ0n) is 12.9. The summed E-state index contributed by atoms with van der Waals surface area (Å²) >= 11 is 0. The predicted octanol–water partition coefficient (Wildman–Crippen LogP) is 3.03. The van der Waals surface area contributed by atoms with E-state index in [9.17, 15) is 9.90 Å². The molecule has 1 rings (SSSR count). The van der Waals surface area contributed by atoms with Crippen LogP contribution < -0.4 is 10.1 Å². The van der Waals surface area contributed by atoms with Crippen LogP contribution >= 0.6 is 0 Å². The zero-order chi connectivity index (χ0) is 15.3. The fourth-order valence-electron chi connectivity index (χ4n) is 1.98. The highest BCUT2D eigenvalue weighted by molar-refractivity contribution is 5.78. The summed E-state index contributed by atoms with van der Waals surface area (Å²) in [6.07, 6.45) is 0. The van der Waals surface area contributed by atoms with E-state index in [0.717, 1.165) is 0 Å².